The minimum atomic E-state index is -3.84. The first-order valence-electron chi connectivity index (χ1n) is 5.75. The molecule has 0 aliphatic carbocycles. The molecule has 7 heteroatoms. The van der Waals surface area contributed by atoms with E-state index in [9.17, 15) is 13.2 Å². The van der Waals surface area contributed by atoms with Crippen LogP contribution in [0, 0.1) is 0 Å². The fourth-order valence-corrected chi connectivity index (χ4v) is 3.66. The lowest BCUT2D eigenvalue weighted by Crippen LogP contribution is -2.11. The summed E-state index contributed by atoms with van der Waals surface area (Å²) >= 11 is 8.96. The molecule has 4 nitrogen and oxygen atoms in total. The minimum Gasteiger partial charge on any atom is -0.465 e. The number of carbonyl (C=O) groups is 1. The monoisotopic (exact) mass is 388 g/mol. The Morgan fingerprint density at radius 2 is 1.76 bits per heavy atom. The average molecular weight is 390 g/mol. The summed E-state index contributed by atoms with van der Waals surface area (Å²) in [7, 11) is -2.64. The van der Waals surface area contributed by atoms with E-state index in [1.54, 1.807) is 6.07 Å². The van der Waals surface area contributed by atoms with Gasteiger partial charge in [-0.2, -0.15) is 0 Å². The summed E-state index contributed by atoms with van der Waals surface area (Å²) in [6.45, 7) is 0. The average Bonchev–Trinajstić information content (AvgIpc) is 2.46. The highest BCUT2D eigenvalue weighted by Crippen LogP contribution is 2.28. The van der Waals surface area contributed by atoms with Gasteiger partial charge >= 0.3 is 5.97 Å². The molecule has 2 rings (SSSR count). The van der Waals surface area contributed by atoms with Crippen LogP contribution in [-0.2, 0) is 14.6 Å². The van der Waals surface area contributed by atoms with Gasteiger partial charge in [-0.05, 0) is 42.5 Å². The Kier molecular flexibility index (Phi) is 4.70. The zero-order valence-electron chi connectivity index (χ0n) is 10.8. The van der Waals surface area contributed by atoms with E-state index in [0.29, 0.717) is 9.50 Å². The highest BCUT2D eigenvalue weighted by Gasteiger charge is 2.25. The van der Waals surface area contributed by atoms with E-state index in [2.05, 4.69) is 20.7 Å². The van der Waals surface area contributed by atoms with Crippen LogP contribution in [0.5, 0.6) is 0 Å². The summed E-state index contributed by atoms with van der Waals surface area (Å²) in [4.78, 5) is 11.7. The summed E-state index contributed by atoms with van der Waals surface area (Å²) in [5.41, 5.74) is -0.0261. The van der Waals surface area contributed by atoms with Crippen LogP contribution in [0.25, 0.3) is 0 Å². The van der Waals surface area contributed by atoms with E-state index in [0.717, 1.165) is 0 Å². The molecule has 21 heavy (non-hydrogen) atoms. The Hall–Kier alpha value is -1.37. The number of methoxy groups -OCH3 is 1. The van der Waals surface area contributed by atoms with Crippen LogP contribution in [0.2, 0.25) is 5.02 Å². The number of halogens is 2. The fourth-order valence-electron chi connectivity index (χ4n) is 1.75. The normalized spacial score (nSPS) is 11.2. The number of hydrogen-bond acceptors (Lipinski definition) is 4. The number of carbonyl (C=O) groups excluding carboxylic acids is 1. The van der Waals surface area contributed by atoms with Gasteiger partial charge in [-0.15, -0.1) is 0 Å². The Balaban J connectivity index is 2.65. The summed E-state index contributed by atoms with van der Waals surface area (Å²) < 4.78 is 30.5. The second-order valence-corrected chi connectivity index (χ2v) is 7.36. The molecule has 0 atom stereocenters. The van der Waals surface area contributed by atoms with Gasteiger partial charge in [0.15, 0.2) is 0 Å². The highest BCUT2D eigenvalue weighted by molar-refractivity contribution is 9.10. The third-order valence-corrected chi connectivity index (χ3v) is 5.33. The molecular formula is C14H10BrClO4S. The van der Waals surface area contributed by atoms with Gasteiger partial charge in [0.1, 0.15) is 0 Å². The topological polar surface area (TPSA) is 60.4 Å². The molecule has 2 aromatic rings. The lowest BCUT2D eigenvalue weighted by Gasteiger charge is -2.10. The van der Waals surface area contributed by atoms with Crippen LogP contribution >= 0.6 is 27.5 Å². The van der Waals surface area contributed by atoms with Crippen LogP contribution in [-0.4, -0.2) is 21.5 Å². The zero-order valence-corrected chi connectivity index (χ0v) is 14.0. The van der Waals surface area contributed by atoms with Gasteiger partial charge in [0.25, 0.3) is 0 Å². The van der Waals surface area contributed by atoms with Crippen LogP contribution in [0.1, 0.15) is 10.4 Å². The Bertz CT molecular complexity index is 785. The van der Waals surface area contributed by atoms with E-state index in [-0.39, 0.29) is 15.4 Å². The number of benzene rings is 2. The number of hydrogen-bond donors (Lipinski definition) is 0. The Labute approximate surface area is 135 Å². The largest absolute Gasteiger partial charge is 0.465 e. The molecule has 0 aliphatic heterocycles. The van der Waals surface area contributed by atoms with Gasteiger partial charge in [-0.25, -0.2) is 13.2 Å². The lowest BCUT2D eigenvalue weighted by atomic mass is 10.2. The maximum absolute atomic E-state index is 12.6. The van der Waals surface area contributed by atoms with E-state index < -0.39 is 15.8 Å². The van der Waals surface area contributed by atoms with Crippen molar-refractivity contribution in [3.63, 3.8) is 0 Å². The quantitative estimate of drug-likeness (QED) is 0.751. The van der Waals surface area contributed by atoms with Crippen molar-refractivity contribution < 1.29 is 17.9 Å². The molecule has 110 valence electrons. The lowest BCUT2D eigenvalue weighted by molar-refractivity contribution is 0.0596. The summed E-state index contributed by atoms with van der Waals surface area (Å²) in [5.74, 6) is -0.719. The minimum absolute atomic E-state index is 0.0261. The molecule has 0 aromatic heterocycles. The highest BCUT2D eigenvalue weighted by atomic mass is 79.9. The molecule has 0 aliphatic rings. The maximum Gasteiger partial charge on any atom is 0.339 e. The van der Waals surface area contributed by atoms with E-state index in [1.165, 1.54) is 43.5 Å². The summed E-state index contributed by atoms with van der Waals surface area (Å²) in [6, 6.07) is 10.1. The van der Waals surface area contributed by atoms with Crippen molar-refractivity contribution in [3.8, 4) is 0 Å². The van der Waals surface area contributed by atoms with Crippen molar-refractivity contribution in [3.05, 3.63) is 57.5 Å². The van der Waals surface area contributed by atoms with Crippen molar-refractivity contribution in [2.45, 2.75) is 9.79 Å². The SMILES string of the molecule is COC(=O)c1cc(Br)ccc1S(=O)(=O)c1ccc(Cl)cc1. The van der Waals surface area contributed by atoms with Crippen molar-refractivity contribution >= 4 is 43.3 Å². The molecular weight excluding hydrogens is 380 g/mol. The first-order valence-corrected chi connectivity index (χ1v) is 8.40. The number of sulfone groups is 1. The van der Waals surface area contributed by atoms with Gasteiger partial charge in [0.2, 0.25) is 9.84 Å². The molecule has 0 bridgehead atoms. The molecule has 0 N–H and O–H groups in total. The van der Waals surface area contributed by atoms with Gasteiger partial charge in [0, 0.05) is 9.50 Å². The summed E-state index contributed by atoms with van der Waals surface area (Å²) in [6.07, 6.45) is 0. The number of ether oxygens (including phenoxy) is 1. The zero-order chi connectivity index (χ0) is 15.6. The van der Waals surface area contributed by atoms with Crippen molar-refractivity contribution in [1.29, 1.82) is 0 Å². The van der Waals surface area contributed by atoms with Crippen LogP contribution in [0.3, 0.4) is 0 Å². The van der Waals surface area contributed by atoms with Gasteiger partial charge in [-0.1, -0.05) is 27.5 Å². The number of esters is 1. The first-order chi connectivity index (χ1) is 9.86. The predicted octanol–water partition coefficient (Wildman–Crippen LogP) is 3.72. The van der Waals surface area contributed by atoms with Crippen molar-refractivity contribution in [1.82, 2.24) is 0 Å². The van der Waals surface area contributed by atoms with E-state index >= 15 is 0 Å². The standard InChI is InChI=1S/C14H10BrClO4S/c1-20-14(17)12-8-9(15)2-7-13(12)21(18,19)11-5-3-10(16)4-6-11/h2-8H,1H3. The first kappa shape index (κ1) is 16.0. The second kappa shape index (κ2) is 6.17. The molecule has 2 aromatic carbocycles. The molecule has 0 spiro atoms. The second-order valence-electron chi connectivity index (χ2n) is 4.09. The Morgan fingerprint density at radius 3 is 2.33 bits per heavy atom. The number of rotatable bonds is 3. The smallest absolute Gasteiger partial charge is 0.339 e. The van der Waals surface area contributed by atoms with Gasteiger partial charge in [-0.3, -0.25) is 0 Å². The van der Waals surface area contributed by atoms with Crippen molar-refractivity contribution in [2.75, 3.05) is 7.11 Å². The van der Waals surface area contributed by atoms with Crippen LogP contribution < -0.4 is 0 Å². The van der Waals surface area contributed by atoms with Gasteiger partial charge in [0.05, 0.1) is 22.5 Å². The predicted molar refractivity (Wildman–Crippen MR) is 82.4 cm³/mol. The Morgan fingerprint density at radius 1 is 1.14 bits per heavy atom. The van der Waals surface area contributed by atoms with Gasteiger partial charge < -0.3 is 4.74 Å². The van der Waals surface area contributed by atoms with Crippen LogP contribution in [0.15, 0.2) is 56.7 Å². The van der Waals surface area contributed by atoms with Crippen molar-refractivity contribution in [2.24, 2.45) is 0 Å². The third kappa shape index (κ3) is 3.28. The fraction of sp³-hybridized carbons (Fsp3) is 0.0714. The van der Waals surface area contributed by atoms with E-state index in [1.807, 2.05) is 0 Å². The molecule has 0 saturated heterocycles. The molecule has 0 heterocycles. The molecule has 0 saturated carbocycles. The molecule has 0 fully saturated rings. The molecule has 0 unspecified atom stereocenters. The summed E-state index contributed by atoms with van der Waals surface area (Å²) in [5, 5.41) is 0.429. The maximum atomic E-state index is 12.6. The third-order valence-electron chi connectivity index (χ3n) is 2.76. The van der Waals surface area contributed by atoms with Crippen LogP contribution in [0.4, 0.5) is 0 Å². The van der Waals surface area contributed by atoms with E-state index in [4.69, 9.17) is 11.6 Å². The molecule has 0 radical (unpaired) electrons. The molecule has 0 amide bonds.